The molecule has 0 unspecified atom stereocenters. The SMILES string of the molecule is CN(C)CCCNCc1ccc(C(C)(C)C)s1. The smallest absolute Gasteiger partial charge is 0.0299 e. The Balaban J connectivity index is 2.26. The highest BCUT2D eigenvalue weighted by Gasteiger charge is 2.15. The third kappa shape index (κ3) is 5.66. The van der Waals surface area contributed by atoms with E-state index in [1.165, 1.54) is 16.2 Å². The summed E-state index contributed by atoms with van der Waals surface area (Å²) in [5, 5.41) is 3.51. The molecule has 0 fully saturated rings. The standard InChI is InChI=1S/C14H26N2S/c1-14(2,3)13-8-7-12(17-13)11-15-9-6-10-16(4)5/h7-8,15H,6,9-11H2,1-5H3. The van der Waals surface area contributed by atoms with Gasteiger partial charge < -0.3 is 10.2 Å². The van der Waals surface area contributed by atoms with E-state index in [0.717, 1.165) is 19.6 Å². The Morgan fingerprint density at radius 2 is 1.94 bits per heavy atom. The second kappa shape index (κ2) is 6.53. The van der Waals surface area contributed by atoms with Crippen LogP contribution in [0.4, 0.5) is 0 Å². The normalized spacial score (nSPS) is 12.4. The van der Waals surface area contributed by atoms with Crippen molar-refractivity contribution in [3.63, 3.8) is 0 Å². The fourth-order valence-electron chi connectivity index (χ4n) is 1.61. The van der Waals surface area contributed by atoms with Crippen molar-refractivity contribution < 1.29 is 0 Å². The van der Waals surface area contributed by atoms with E-state index in [0.29, 0.717) is 0 Å². The van der Waals surface area contributed by atoms with E-state index in [-0.39, 0.29) is 5.41 Å². The van der Waals surface area contributed by atoms with E-state index in [4.69, 9.17) is 0 Å². The van der Waals surface area contributed by atoms with Gasteiger partial charge in [0.1, 0.15) is 0 Å². The predicted molar refractivity (Wildman–Crippen MR) is 77.9 cm³/mol. The highest BCUT2D eigenvalue weighted by atomic mass is 32.1. The minimum Gasteiger partial charge on any atom is -0.312 e. The maximum absolute atomic E-state index is 3.51. The van der Waals surface area contributed by atoms with Crippen LogP contribution in [0.15, 0.2) is 12.1 Å². The summed E-state index contributed by atoms with van der Waals surface area (Å²) in [4.78, 5) is 5.15. The predicted octanol–water partition coefficient (Wildman–Crippen LogP) is 3.09. The lowest BCUT2D eigenvalue weighted by atomic mass is 9.95. The molecular formula is C14H26N2S. The Labute approximate surface area is 110 Å². The maximum Gasteiger partial charge on any atom is 0.0299 e. The van der Waals surface area contributed by atoms with Gasteiger partial charge in [0.15, 0.2) is 0 Å². The second-order valence-electron chi connectivity index (χ2n) is 5.85. The molecule has 3 heteroatoms. The fourth-order valence-corrected chi connectivity index (χ4v) is 2.64. The van der Waals surface area contributed by atoms with Crippen molar-refractivity contribution in [2.24, 2.45) is 0 Å². The van der Waals surface area contributed by atoms with E-state index in [2.05, 4.69) is 57.2 Å². The van der Waals surface area contributed by atoms with E-state index in [9.17, 15) is 0 Å². The van der Waals surface area contributed by atoms with Gasteiger partial charge in [-0.15, -0.1) is 11.3 Å². The van der Waals surface area contributed by atoms with Crippen molar-refractivity contribution in [3.8, 4) is 0 Å². The highest BCUT2D eigenvalue weighted by molar-refractivity contribution is 7.12. The number of rotatable bonds is 6. The molecule has 1 N–H and O–H groups in total. The zero-order valence-corrected chi connectivity index (χ0v) is 12.7. The van der Waals surface area contributed by atoms with Gasteiger partial charge in [-0.3, -0.25) is 0 Å². The van der Waals surface area contributed by atoms with Crippen LogP contribution in [0.25, 0.3) is 0 Å². The molecule has 0 bridgehead atoms. The molecule has 0 aliphatic rings. The van der Waals surface area contributed by atoms with Gasteiger partial charge in [0.2, 0.25) is 0 Å². The van der Waals surface area contributed by atoms with Gasteiger partial charge in [0.05, 0.1) is 0 Å². The first-order valence-corrected chi connectivity index (χ1v) is 7.16. The van der Waals surface area contributed by atoms with Gasteiger partial charge in [-0.2, -0.15) is 0 Å². The van der Waals surface area contributed by atoms with Crippen LogP contribution in [0.3, 0.4) is 0 Å². The summed E-state index contributed by atoms with van der Waals surface area (Å²) in [5.74, 6) is 0. The molecule has 0 saturated heterocycles. The summed E-state index contributed by atoms with van der Waals surface area (Å²) >= 11 is 1.93. The van der Waals surface area contributed by atoms with Crippen molar-refractivity contribution in [2.45, 2.75) is 39.2 Å². The summed E-state index contributed by atoms with van der Waals surface area (Å²) in [6.07, 6.45) is 1.21. The Bertz CT molecular complexity index is 323. The van der Waals surface area contributed by atoms with E-state index in [1.807, 2.05) is 11.3 Å². The van der Waals surface area contributed by atoms with E-state index >= 15 is 0 Å². The largest absolute Gasteiger partial charge is 0.312 e. The maximum atomic E-state index is 3.51. The quantitative estimate of drug-likeness (QED) is 0.785. The average molecular weight is 254 g/mol. The number of hydrogen-bond donors (Lipinski definition) is 1. The van der Waals surface area contributed by atoms with Gasteiger partial charge in [-0.25, -0.2) is 0 Å². The van der Waals surface area contributed by atoms with E-state index < -0.39 is 0 Å². The molecule has 0 radical (unpaired) electrons. The monoisotopic (exact) mass is 254 g/mol. The summed E-state index contributed by atoms with van der Waals surface area (Å²) in [5.41, 5.74) is 0.286. The zero-order chi connectivity index (χ0) is 12.9. The topological polar surface area (TPSA) is 15.3 Å². The van der Waals surface area contributed by atoms with Crippen LogP contribution in [-0.2, 0) is 12.0 Å². The van der Waals surface area contributed by atoms with Gasteiger partial charge in [-0.05, 0) is 51.2 Å². The van der Waals surface area contributed by atoms with Gasteiger partial charge in [-0.1, -0.05) is 20.8 Å². The number of hydrogen-bond acceptors (Lipinski definition) is 3. The molecule has 0 saturated carbocycles. The highest BCUT2D eigenvalue weighted by Crippen LogP contribution is 2.29. The van der Waals surface area contributed by atoms with Gasteiger partial charge >= 0.3 is 0 Å². The minimum atomic E-state index is 0.286. The molecule has 0 amide bonds. The summed E-state index contributed by atoms with van der Waals surface area (Å²) < 4.78 is 0. The third-order valence-corrected chi connectivity index (χ3v) is 4.17. The van der Waals surface area contributed by atoms with Gasteiger partial charge in [0, 0.05) is 16.3 Å². The molecule has 98 valence electrons. The van der Waals surface area contributed by atoms with Crippen LogP contribution >= 0.6 is 11.3 Å². The van der Waals surface area contributed by atoms with Crippen LogP contribution in [0.5, 0.6) is 0 Å². The van der Waals surface area contributed by atoms with Crippen molar-refractivity contribution in [3.05, 3.63) is 21.9 Å². The van der Waals surface area contributed by atoms with Crippen molar-refractivity contribution in [1.29, 1.82) is 0 Å². The number of nitrogens with zero attached hydrogens (tertiary/aromatic N) is 1. The molecule has 0 spiro atoms. The van der Waals surface area contributed by atoms with Crippen LogP contribution in [0.1, 0.15) is 36.9 Å². The second-order valence-corrected chi connectivity index (χ2v) is 7.02. The van der Waals surface area contributed by atoms with Crippen LogP contribution in [0, 0.1) is 0 Å². The third-order valence-electron chi connectivity index (χ3n) is 2.66. The summed E-state index contributed by atoms with van der Waals surface area (Å²) in [6, 6.07) is 4.52. The number of thiophene rings is 1. The van der Waals surface area contributed by atoms with Crippen molar-refractivity contribution in [2.75, 3.05) is 27.2 Å². The van der Waals surface area contributed by atoms with Crippen LogP contribution < -0.4 is 5.32 Å². The van der Waals surface area contributed by atoms with Crippen molar-refractivity contribution in [1.82, 2.24) is 10.2 Å². The molecule has 1 heterocycles. The Hall–Kier alpha value is -0.380. The molecule has 2 nitrogen and oxygen atoms in total. The summed E-state index contributed by atoms with van der Waals surface area (Å²) in [7, 11) is 4.24. The molecule has 1 aromatic heterocycles. The number of nitrogens with one attached hydrogen (secondary N) is 1. The molecule has 17 heavy (non-hydrogen) atoms. The van der Waals surface area contributed by atoms with Gasteiger partial charge in [0.25, 0.3) is 0 Å². The Morgan fingerprint density at radius 1 is 1.24 bits per heavy atom. The molecule has 0 aliphatic heterocycles. The molecule has 1 aromatic rings. The van der Waals surface area contributed by atoms with E-state index in [1.54, 1.807) is 0 Å². The van der Waals surface area contributed by atoms with Crippen molar-refractivity contribution >= 4 is 11.3 Å². The lowest BCUT2D eigenvalue weighted by Gasteiger charge is -2.15. The summed E-state index contributed by atoms with van der Waals surface area (Å²) in [6.45, 7) is 10.1. The minimum absolute atomic E-state index is 0.286. The average Bonchev–Trinajstić information content (AvgIpc) is 2.64. The lowest BCUT2D eigenvalue weighted by molar-refractivity contribution is 0.394. The first-order chi connectivity index (χ1) is 7.89. The van der Waals surface area contributed by atoms with Crippen LogP contribution in [0.2, 0.25) is 0 Å². The van der Waals surface area contributed by atoms with Crippen LogP contribution in [-0.4, -0.2) is 32.1 Å². The Kier molecular flexibility index (Phi) is 5.63. The molecule has 0 atom stereocenters. The lowest BCUT2D eigenvalue weighted by Crippen LogP contribution is -2.20. The first-order valence-electron chi connectivity index (χ1n) is 6.34. The Morgan fingerprint density at radius 3 is 2.47 bits per heavy atom. The fraction of sp³-hybridized carbons (Fsp3) is 0.714. The molecule has 0 aromatic carbocycles. The molecular weight excluding hydrogens is 228 g/mol. The first kappa shape index (κ1) is 14.7. The zero-order valence-electron chi connectivity index (χ0n) is 11.8. The molecule has 0 aliphatic carbocycles. The molecule has 1 rings (SSSR count).